The largest absolute Gasteiger partial charge is 0.396 e. The number of carbonyl (C=O) groups is 1. The third-order valence-electron chi connectivity index (χ3n) is 4.37. The van der Waals surface area contributed by atoms with Crippen LogP contribution >= 0.6 is 11.3 Å². The summed E-state index contributed by atoms with van der Waals surface area (Å²) < 4.78 is 0. The van der Waals surface area contributed by atoms with Crippen LogP contribution < -0.4 is 5.32 Å². The summed E-state index contributed by atoms with van der Waals surface area (Å²) in [5.74, 6) is 0.511. The van der Waals surface area contributed by atoms with E-state index in [1.54, 1.807) is 11.3 Å². The van der Waals surface area contributed by atoms with Gasteiger partial charge < -0.3 is 10.4 Å². The first-order chi connectivity index (χ1) is 9.69. The third-order valence-corrected chi connectivity index (χ3v) is 5.44. The lowest BCUT2D eigenvalue weighted by molar-refractivity contribution is -0.128. The minimum atomic E-state index is -0.300. The number of nitrogens with one attached hydrogen (secondary N) is 1. The van der Waals surface area contributed by atoms with Gasteiger partial charge in [-0.2, -0.15) is 0 Å². The molecule has 1 unspecified atom stereocenters. The molecule has 1 aliphatic rings. The third kappa shape index (κ3) is 3.41. The Balaban J connectivity index is 2.05. The van der Waals surface area contributed by atoms with Crippen molar-refractivity contribution in [1.82, 2.24) is 5.32 Å². The number of hydrogen-bond acceptors (Lipinski definition) is 3. The van der Waals surface area contributed by atoms with Gasteiger partial charge in [-0.3, -0.25) is 4.79 Å². The van der Waals surface area contributed by atoms with Crippen LogP contribution in [0.4, 0.5) is 0 Å². The number of aliphatic hydroxyl groups is 1. The van der Waals surface area contributed by atoms with Crippen LogP contribution in [0.3, 0.4) is 0 Å². The van der Waals surface area contributed by atoms with Gasteiger partial charge in [-0.1, -0.05) is 32.3 Å². The summed E-state index contributed by atoms with van der Waals surface area (Å²) in [4.78, 5) is 14.0. The number of aliphatic hydroxyl groups excluding tert-OH is 1. The topological polar surface area (TPSA) is 49.3 Å². The fourth-order valence-corrected chi connectivity index (χ4v) is 4.03. The number of hydrogen-bond donors (Lipinski definition) is 2. The van der Waals surface area contributed by atoms with Crippen LogP contribution in [0.2, 0.25) is 0 Å². The molecule has 20 heavy (non-hydrogen) atoms. The molecule has 1 aromatic rings. The van der Waals surface area contributed by atoms with Crippen molar-refractivity contribution in [3.8, 4) is 0 Å². The van der Waals surface area contributed by atoms with Gasteiger partial charge in [0.15, 0.2) is 0 Å². The van der Waals surface area contributed by atoms with Gasteiger partial charge in [0.2, 0.25) is 5.91 Å². The van der Waals surface area contributed by atoms with Crippen LogP contribution in [-0.4, -0.2) is 24.2 Å². The molecule has 3 nitrogen and oxygen atoms in total. The molecule has 1 aliphatic carbocycles. The minimum absolute atomic E-state index is 0.185. The van der Waals surface area contributed by atoms with Crippen molar-refractivity contribution in [1.29, 1.82) is 0 Å². The number of carbonyl (C=O) groups excluding carboxylic acids is 1. The Morgan fingerprint density at radius 1 is 1.45 bits per heavy atom. The Morgan fingerprint density at radius 3 is 2.80 bits per heavy atom. The fourth-order valence-electron chi connectivity index (χ4n) is 3.05. The maximum Gasteiger partial charge on any atom is 0.231 e. The molecule has 1 heterocycles. The molecule has 1 fully saturated rings. The Kier molecular flexibility index (Phi) is 5.61. The highest BCUT2D eigenvalue weighted by atomic mass is 32.1. The van der Waals surface area contributed by atoms with E-state index in [0.717, 1.165) is 32.1 Å². The predicted molar refractivity (Wildman–Crippen MR) is 83.0 cm³/mol. The second-order valence-electron chi connectivity index (χ2n) is 5.95. The van der Waals surface area contributed by atoms with E-state index >= 15 is 0 Å². The van der Waals surface area contributed by atoms with Crippen molar-refractivity contribution in [2.45, 2.75) is 50.9 Å². The average molecular weight is 295 g/mol. The summed E-state index contributed by atoms with van der Waals surface area (Å²) >= 11 is 1.70. The van der Waals surface area contributed by atoms with Crippen molar-refractivity contribution < 1.29 is 9.90 Å². The summed E-state index contributed by atoms with van der Waals surface area (Å²) in [5, 5.41) is 14.1. The molecule has 2 N–H and O–H groups in total. The van der Waals surface area contributed by atoms with Gasteiger partial charge in [-0.15, -0.1) is 11.3 Å². The van der Waals surface area contributed by atoms with Crippen LogP contribution in [0.15, 0.2) is 17.5 Å². The average Bonchev–Trinajstić information content (AvgIpc) is 3.00. The summed E-state index contributed by atoms with van der Waals surface area (Å²) in [6.07, 6.45) is 6.18. The highest BCUT2D eigenvalue weighted by Gasteiger charge is 2.41. The molecule has 1 aromatic heterocycles. The second-order valence-corrected chi connectivity index (χ2v) is 6.90. The standard InChI is InChI=1S/C16H25NO2S/c1-13(7-10-18)12-17-15(19)16(8-3-2-4-9-16)14-6-5-11-20-14/h5-6,11,13,18H,2-4,7-10,12H2,1H3,(H,17,19). The molecule has 0 spiro atoms. The van der Waals surface area contributed by atoms with Crippen LogP contribution in [0, 0.1) is 5.92 Å². The van der Waals surface area contributed by atoms with Gasteiger partial charge in [0.25, 0.3) is 0 Å². The molecule has 0 radical (unpaired) electrons. The lowest BCUT2D eigenvalue weighted by Crippen LogP contribution is -2.46. The number of rotatable bonds is 6. The van der Waals surface area contributed by atoms with E-state index in [4.69, 9.17) is 5.11 Å². The smallest absolute Gasteiger partial charge is 0.231 e. The zero-order chi connectivity index (χ0) is 14.4. The van der Waals surface area contributed by atoms with Crippen LogP contribution in [0.25, 0.3) is 0 Å². The van der Waals surface area contributed by atoms with E-state index in [9.17, 15) is 4.79 Å². The molecule has 112 valence electrons. The lowest BCUT2D eigenvalue weighted by Gasteiger charge is -2.35. The van der Waals surface area contributed by atoms with Crippen molar-refractivity contribution in [2.75, 3.05) is 13.2 Å². The molecular formula is C16H25NO2S. The van der Waals surface area contributed by atoms with Crippen molar-refractivity contribution in [2.24, 2.45) is 5.92 Å². The first-order valence-corrected chi connectivity index (χ1v) is 8.50. The van der Waals surface area contributed by atoms with Gasteiger partial charge in [0, 0.05) is 18.0 Å². The Morgan fingerprint density at radius 2 is 2.20 bits per heavy atom. The first kappa shape index (κ1) is 15.5. The summed E-state index contributed by atoms with van der Waals surface area (Å²) in [7, 11) is 0. The van der Waals surface area contributed by atoms with Crippen LogP contribution in [0.5, 0.6) is 0 Å². The lowest BCUT2D eigenvalue weighted by atomic mass is 9.72. The highest BCUT2D eigenvalue weighted by Crippen LogP contribution is 2.41. The van der Waals surface area contributed by atoms with Gasteiger partial charge in [0.1, 0.15) is 0 Å². The molecule has 0 bridgehead atoms. The van der Waals surface area contributed by atoms with E-state index in [1.807, 2.05) is 6.07 Å². The van der Waals surface area contributed by atoms with Crippen LogP contribution in [-0.2, 0) is 10.2 Å². The van der Waals surface area contributed by atoms with Crippen molar-refractivity contribution in [3.05, 3.63) is 22.4 Å². The minimum Gasteiger partial charge on any atom is -0.396 e. The Labute approximate surface area is 125 Å². The molecule has 2 rings (SSSR count). The summed E-state index contributed by atoms with van der Waals surface area (Å²) in [6.45, 7) is 2.91. The Hall–Kier alpha value is -0.870. The normalized spacial score (nSPS) is 19.5. The quantitative estimate of drug-likeness (QED) is 0.847. The van der Waals surface area contributed by atoms with Crippen molar-refractivity contribution in [3.63, 3.8) is 0 Å². The molecule has 0 saturated heterocycles. The zero-order valence-electron chi connectivity index (χ0n) is 12.2. The SMILES string of the molecule is CC(CCO)CNC(=O)C1(c2cccs2)CCCCC1. The molecular weight excluding hydrogens is 270 g/mol. The van der Waals surface area contributed by atoms with E-state index < -0.39 is 0 Å². The predicted octanol–water partition coefficient (Wildman–Crippen LogP) is 3.08. The number of thiophene rings is 1. The number of amides is 1. The van der Waals surface area contributed by atoms with Crippen molar-refractivity contribution >= 4 is 17.2 Å². The van der Waals surface area contributed by atoms with E-state index in [1.165, 1.54) is 11.3 Å². The van der Waals surface area contributed by atoms with E-state index in [-0.39, 0.29) is 17.9 Å². The molecule has 0 aromatic carbocycles. The fraction of sp³-hybridized carbons (Fsp3) is 0.688. The zero-order valence-corrected chi connectivity index (χ0v) is 13.0. The monoisotopic (exact) mass is 295 g/mol. The molecule has 4 heteroatoms. The van der Waals surface area contributed by atoms with E-state index in [0.29, 0.717) is 12.5 Å². The summed E-state index contributed by atoms with van der Waals surface area (Å²) in [6, 6.07) is 4.14. The maximum absolute atomic E-state index is 12.8. The highest BCUT2D eigenvalue weighted by molar-refractivity contribution is 7.10. The van der Waals surface area contributed by atoms with E-state index in [2.05, 4.69) is 23.7 Å². The molecule has 1 amide bonds. The molecule has 1 saturated carbocycles. The van der Waals surface area contributed by atoms with Gasteiger partial charge >= 0.3 is 0 Å². The maximum atomic E-state index is 12.8. The van der Waals surface area contributed by atoms with Gasteiger partial charge in [0.05, 0.1) is 5.41 Å². The molecule has 0 aliphatic heterocycles. The van der Waals surface area contributed by atoms with Gasteiger partial charge in [-0.05, 0) is 36.6 Å². The Bertz CT molecular complexity index is 410. The summed E-state index contributed by atoms with van der Waals surface area (Å²) in [5.41, 5.74) is -0.300. The van der Waals surface area contributed by atoms with Crippen LogP contribution in [0.1, 0.15) is 50.3 Å². The first-order valence-electron chi connectivity index (χ1n) is 7.62. The molecule has 1 atom stereocenters. The van der Waals surface area contributed by atoms with Gasteiger partial charge in [-0.25, -0.2) is 0 Å². The second kappa shape index (κ2) is 7.23.